The van der Waals surface area contributed by atoms with E-state index in [-0.39, 0.29) is 17.7 Å². The minimum atomic E-state index is -0.285. The van der Waals surface area contributed by atoms with Crippen molar-refractivity contribution in [2.75, 3.05) is 0 Å². The molecule has 2 N–H and O–H groups in total. The van der Waals surface area contributed by atoms with Crippen molar-refractivity contribution in [2.45, 2.75) is 77.1 Å². The van der Waals surface area contributed by atoms with Gasteiger partial charge in [-0.25, -0.2) is 4.68 Å². The summed E-state index contributed by atoms with van der Waals surface area (Å²) < 4.78 is 1.86. The molecule has 108 valence electrons. The quantitative estimate of drug-likeness (QED) is 0.822. The predicted molar refractivity (Wildman–Crippen MR) is 74.7 cm³/mol. The molecular formula is C14H26N4O. The molecule has 1 aliphatic rings. The van der Waals surface area contributed by atoms with Crippen LogP contribution >= 0.6 is 0 Å². The van der Waals surface area contributed by atoms with Gasteiger partial charge in [-0.05, 0) is 33.6 Å². The minimum Gasteiger partial charge on any atom is -0.391 e. The molecule has 0 spiro atoms. The Morgan fingerprint density at radius 1 is 1.32 bits per heavy atom. The highest BCUT2D eigenvalue weighted by Crippen LogP contribution is 2.26. The van der Waals surface area contributed by atoms with Gasteiger partial charge in [0, 0.05) is 12.1 Å². The van der Waals surface area contributed by atoms with Gasteiger partial charge in [0.05, 0.1) is 24.0 Å². The lowest BCUT2D eigenvalue weighted by Crippen LogP contribution is -2.35. The minimum absolute atomic E-state index is 0.0750. The van der Waals surface area contributed by atoms with E-state index < -0.39 is 0 Å². The molecule has 1 aromatic heterocycles. The van der Waals surface area contributed by atoms with Gasteiger partial charge in [-0.3, -0.25) is 0 Å². The summed E-state index contributed by atoms with van der Waals surface area (Å²) >= 11 is 0. The topological polar surface area (TPSA) is 63.0 Å². The molecule has 2 rings (SSSR count). The predicted octanol–water partition coefficient (Wildman–Crippen LogP) is 2.03. The Balaban J connectivity index is 1.99. The molecule has 2 atom stereocenters. The van der Waals surface area contributed by atoms with Crippen LogP contribution in [-0.4, -0.2) is 31.7 Å². The third-order valence-corrected chi connectivity index (χ3v) is 3.64. The molecule has 1 fully saturated rings. The van der Waals surface area contributed by atoms with Crippen LogP contribution in [0.1, 0.15) is 64.6 Å². The average Bonchev–Trinajstić information content (AvgIpc) is 2.69. The van der Waals surface area contributed by atoms with E-state index >= 15 is 0 Å². The Labute approximate surface area is 115 Å². The van der Waals surface area contributed by atoms with E-state index in [1.807, 2.05) is 10.9 Å². The zero-order valence-corrected chi connectivity index (χ0v) is 12.3. The SMILES string of the molecule is CC(C)(C)NCc1cn(C2CCCCCC2O)nn1. The van der Waals surface area contributed by atoms with Gasteiger partial charge in [0.1, 0.15) is 0 Å². The van der Waals surface area contributed by atoms with Gasteiger partial charge in [-0.1, -0.05) is 24.5 Å². The van der Waals surface area contributed by atoms with E-state index in [9.17, 15) is 5.11 Å². The molecule has 2 unspecified atom stereocenters. The van der Waals surface area contributed by atoms with Crippen LogP contribution in [-0.2, 0) is 6.54 Å². The summed E-state index contributed by atoms with van der Waals surface area (Å²) in [6.45, 7) is 7.11. The maximum Gasteiger partial charge on any atom is 0.0965 e. The summed E-state index contributed by atoms with van der Waals surface area (Å²) in [4.78, 5) is 0. The van der Waals surface area contributed by atoms with Crippen LogP contribution in [0.25, 0.3) is 0 Å². The maximum absolute atomic E-state index is 10.2. The van der Waals surface area contributed by atoms with Crippen LogP contribution in [0.3, 0.4) is 0 Å². The molecule has 0 radical (unpaired) electrons. The monoisotopic (exact) mass is 266 g/mol. The summed E-state index contributed by atoms with van der Waals surface area (Å²) in [7, 11) is 0. The van der Waals surface area contributed by atoms with Gasteiger partial charge >= 0.3 is 0 Å². The highest BCUT2D eigenvalue weighted by Gasteiger charge is 2.24. The molecular weight excluding hydrogens is 240 g/mol. The molecule has 5 heteroatoms. The summed E-state index contributed by atoms with van der Waals surface area (Å²) in [5.74, 6) is 0. The first-order valence-corrected chi connectivity index (χ1v) is 7.29. The number of rotatable bonds is 3. The van der Waals surface area contributed by atoms with Crippen LogP contribution in [0.5, 0.6) is 0 Å². The number of nitrogens with one attached hydrogen (secondary N) is 1. The Morgan fingerprint density at radius 3 is 2.79 bits per heavy atom. The smallest absolute Gasteiger partial charge is 0.0965 e. The number of hydrogen-bond acceptors (Lipinski definition) is 4. The van der Waals surface area contributed by atoms with Crippen molar-refractivity contribution in [2.24, 2.45) is 0 Å². The molecule has 1 aliphatic carbocycles. The fraction of sp³-hybridized carbons (Fsp3) is 0.857. The lowest BCUT2D eigenvalue weighted by atomic mass is 10.1. The van der Waals surface area contributed by atoms with Crippen molar-refractivity contribution < 1.29 is 5.11 Å². The van der Waals surface area contributed by atoms with Crippen LogP contribution < -0.4 is 5.32 Å². The van der Waals surface area contributed by atoms with E-state index in [0.717, 1.165) is 31.4 Å². The third kappa shape index (κ3) is 4.28. The number of aromatic nitrogens is 3. The van der Waals surface area contributed by atoms with Gasteiger partial charge < -0.3 is 10.4 Å². The molecule has 5 nitrogen and oxygen atoms in total. The lowest BCUT2D eigenvalue weighted by Gasteiger charge is -2.20. The zero-order valence-electron chi connectivity index (χ0n) is 12.3. The lowest BCUT2D eigenvalue weighted by molar-refractivity contribution is 0.0980. The Kier molecular flexibility index (Phi) is 4.58. The van der Waals surface area contributed by atoms with E-state index in [0.29, 0.717) is 6.54 Å². The summed E-state index contributed by atoms with van der Waals surface area (Å²) in [6, 6.07) is 0.0957. The molecule has 1 heterocycles. The first kappa shape index (κ1) is 14.5. The van der Waals surface area contributed by atoms with Crippen LogP contribution in [0, 0.1) is 0 Å². The van der Waals surface area contributed by atoms with Crippen LogP contribution in [0.4, 0.5) is 0 Å². The number of aliphatic hydroxyl groups excluding tert-OH is 1. The molecule has 0 amide bonds. The Hall–Kier alpha value is -0.940. The third-order valence-electron chi connectivity index (χ3n) is 3.64. The first-order chi connectivity index (χ1) is 8.96. The van der Waals surface area contributed by atoms with Gasteiger partial charge in [0.2, 0.25) is 0 Å². The second-order valence-electron chi connectivity index (χ2n) is 6.57. The van der Waals surface area contributed by atoms with E-state index in [1.165, 1.54) is 6.42 Å². The van der Waals surface area contributed by atoms with Crippen molar-refractivity contribution >= 4 is 0 Å². The van der Waals surface area contributed by atoms with Crippen molar-refractivity contribution in [1.82, 2.24) is 20.3 Å². The number of hydrogen-bond donors (Lipinski definition) is 2. The van der Waals surface area contributed by atoms with Crippen molar-refractivity contribution in [3.8, 4) is 0 Å². The molecule has 0 bridgehead atoms. The molecule has 1 aromatic rings. The second-order valence-corrected chi connectivity index (χ2v) is 6.57. The maximum atomic E-state index is 10.2. The van der Waals surface area contributed by atoms with E-state index in [1.54, 1.807) is 0 Å². The van der Waals surface area contributed by atoms with Crippen LogP contribution in [0.2, 0.25) is 0 Å². The standard InChI is InChI=1S/C14H26N4O/c1-14(2,3)15-9-11-10-18(17-16-11)12-7-5-4-6-8-13(12)19/h10,12-13,15,19H,4-9H2,1-3H3. The van der Waals surface area contributed by atoms with Crippen LogP contribution in [0.15, 0.2) is 6.20 Å². The first-order valence-electron chi connectivity index (χ1n) is 7.29. The normalized spacial score (nSPS) is 25.3. The largest absolute Gasteiger partial charge is 0.391 e. The number of nitrogens with zero attached hydrogens (tertiary/aromatic N) is 3. The highest BCUT2D eigenvalue weighted by atomic mass is 16.3. The molecule has 0 saturated heterocycles. The van der Waals surface area contributed by atoms with E-state index in [4.69, 9.17) is 0 Å². The molecule has 19 heavy (non-hydrogen) atoms. The van der Waals surface area contributed by atoms with E-state index in [2.05, 4.69) is 36.4 Å². The summed E-state index contributed by atoms with van der Waals surface area (Å²) in [6.07, 6.45) is 7.05. The van der Waals surface area contributed by atoms with Crippen molar-refractivity contribution in [1.29, 1.82) is 0 Å². The fourth-order valence-electron chi connectivity index (χ4n) is 2.49. The molecule has 0 aliphatic heterocycles. The zero-order chi connectivity index (χ0) is 13.9. The molecule has 0 aromatic carbocycles. The molecule has 1 saturated carbocycles. The average molecular weight is 266 g/mol. The summed E-state index contributed by atoms with van der Waals surface area (Å²) in [5, 5.41) is 22.0. The summed E-state index contributed by atoms with van der Waals surface area (Å²) in [5.41, 5.74) is 1.01. The number of aliphatic hydroxyl groups is 1. The Morgan fingerprint density at radius 2 is 2.05 bits per heavy atom. The van der Waals surface area contributed by atoms with Gasteiger partial charge in [-0.15, -0.1) is 5.10 Å². The van der Waals surface area contributed by atoms with Gasteiger partial charge in [0.15, 0.2) is 0 Å². The van der Waals surface area contributed by atoms with Gasteiger partial charge in [0.25, 0.3) is 0 Å². The van der Waals surface area contributed by atoms with Crippen molar-refractivity contribution in [3.05, 3.63) is 11.9 Å². The van der Waals surface area contributed by atoms with Crippen molar-refractivity contribution in [3.63, 3.8) is 0 Å². The second kappa shape index (κ2) is 6.01. The highest BCUT2D eigenvalue weighted by molar-refractivity contribution is 4.95. The fourth-order valence-corrected chi connectivity index (χ4v) is 2.49. The Bertz CT molecular complexity index is 396. The van der Waals surface area contributed by atoms with Gasteiger partial charge in [-0.2, -0.15) is 0 Å².